The highest BCUT2D eigenvalue weighted by atomic mass is 16.1. The second-order valence-electron chi connectivity index (χ2n) is 5.45. The van der Waals surface area contributed by atoms with Crippen molar-refractivity contribution in [2.75, 3.05) is 6.54 Å². The van der Waals surface area contributed by atoms with Crippen LogP contribution in [0.5, 0.6) is 0 Å². The summed E-state index contributed by atoms with van der Waals surface area (Å²) in [6.07, 6.45) is 5.49. The van der Waals surface area contributed by atoms with Crippen LogP contribution in [-0.2, 0) is 17.9 Å². The van der Waals surface area contributed by atoms with Gasteiger partial charge in [0, 0.05) is 37.3 Å². The normalized spacial score (nSPS) is 18.5. The van der Waals surface area contributed by atoms with Gasteiger partial charge in [-0.2, -0.15) is 5.10 Å². The first kappa shape index (κ1) is 13.8. The minimum absolute atomic E-state index is 0.156. The number of piperidine rings is 1. The third-order valence-electron chi connectivity index (χ3n) is 3.73. The average molecular weight is 284 g/mol. The zero-order valence-electron chi connectivity index (χ0n) is 12.0. The number of carbonyl (C=O) groups is 1. The van der Waals surface area contributed by atoms with Gasteiger partial charge < -0.3 is 10.6 Å². The lowest BCUT2D eigenvalue weighted by Gasteiger charge is -2.23. The Labute approximate surface area is 124 Å². The Hall–Kier alpha value is -2.14. The molecule has 2 heterocycles. The van der Waals surface area contributed by atoms with E-state index < -0.39 is 0 Å². The number of benzene rings is 1. The molecule has 0 saturated carbocycles. The maximum atomic E-state index is 11.1. The summed E-state index contributed by atoms with van der Waals surface area (Å²) in [4.78, 5) is 11.1. The number of nitrogens with one attached hydrogen (secondary N) is 2. The van der Waals surface area contributed by atoms with Crippen LogP contribution < -0.4 is 10.6 Å². The largest absolute Gasteiger partial charge is 0.355 e. The molecule has 5 nitrogen and oxygen atoms in total. The summed E-state index contributed by atoms with van der Waals surface area (Å²) in [7, 11) is 0. The van der Waals surface area contributed by atoms with Gasteiger partial charge in [0.1, 0.15) is 0 Å². The third-order valence-corrected chi connectivity index (χ3v) is 3.73. The van der Waals surface area contributed by atoms with E-state index in [1.54, 1.807) is 0 Å². The van der Waals surface area contributed by atoms with Gasteiger partial charge >= 0.3 is 0 Å². The topological polar surface area (TPSA) is 59.0 Å². The first-order valence-electron chi connectivity index (χ1n) is 7.35. The molecule has 0 spiro atoms. The summed E-state index contributed by atoms with van der Waals surface area (Å²) in [6.45, 7) is 2.30. The maximum Gasteiger partial charge on any atom is 0.220 e. The van der Waals surface area contributed by atoms with Crippen LogP contribution in [0.2, 0.25) is 0 Å². The highest BCUT2D eigenvalue weighted by molar-refractivity contribution is 5.76. The lowest BCUT2D eigenvalue weighted by Crippen LogP contribution is -2.45. The second-order valence-corrected chi connectivity index (χ2v) is 5.45. The molecule has 0 bridgehead atoms. The lowest BCUT2D eigenvalue weighted by atomic mass is 10.1. The molecular weight excluding hydrogens is 264 g/mol. The summed E-state index contributed by atoms with van der Waals surface area (Å²) < 4.78 is 1.95. The van der Waals surface area contributed by atoms with Gasteiger partial charge in [-0.3, -0.25) is 9.48 Å². The van der Waals surface area contributed by atoms with Gasteiger partial charge in [-0.05, 0) is 12.0 Å². The molecule has 2 N–H and O–H groups in total. The zero-order chi connectivity index (χ0) is 14.5. The SMILES string of the molecule is O=C1CCC(NCc2cnn(Cc3ccccc3)c2)CN1. The molecular formula is C16H20N4O. The fourth-order valence-electron chi connectivity index (χ4n) is 2.52. The Balaban J connectivity index is 1.50. The van der Waals surface area contributed by atoms with Crippen molar-refractivity contribution in [1.29, 1.82) is 0 Å². The predicted molar refractivity (Wildman–Crippen MR) is 80.6 cm³/mol. The van der Waals surface area contributed by atoms with Crippen LogP contribution in [0, 0.1) is 0 Å². The molecule has 1 aliphatic heterocycles. The predicted octanol–water partition coefficient (Wildman–Crippen LogP) is 1.30. The van der Waals surface area contributed by atoms with Crippen molar-refractivity contribution in [2.24, 2.45) is 0 Å². The van der Waals surface area contributed by atoms with E-state index in [4.69, 9.17) is 0 Å². The highest BCUT2D eigenvalue weighted by Crippen LogP contribution is 2.06. The minimum atomic E-state index is 0.156. The molecule has 0 aliphatic carbocycles. The summed E-state index contributed by atoms with van der Waals surface area (Å²) in [5.74, 6) is 0.156. The molecule has 1 unspecified atom stereocenters. The fourth-order valence-corrected chi connectivity index (χ4v) is 2.52. The first-order valence-corrected chi connectivity index (χ1v) is 7.35. The van der Waals surface area contributed by atoms with Crippen LogP contribution in [0.4, 0.5) is 0 Å². The van der Waals surface area contributed by atoms with Crippen LogP contribution in [0.15, 0.2) is 42.7 Å². The third kappa shape index (κ3) is 3.92. The molecule has 1 aliphatic rings. The van der Waals surface area contributed by atoms with E-state index in [1.165, 1.54) is 11.1 Å². The van der Waals surface area contributed by atoms with Gasteiger partial charge in [0.25, 0.3) is 0 Å². The van der Waals surface area contributed by atoms with E-state index in [1.807, 2.05) is 29.1 Å². The van der Waals surface area contributed by atoms with E-state index in [0.717, 1.165) is 26.1 Å². The molecule has 1 amide bonds. The first-order chi connectivity index (χ1) is 10.3. The van der Waals surface area contributed by atoms with E-state index in [-0.39, 0.29) is 5.91 Å². The molecule has 0 radical (unpaired) electrons. The van der Waals surface area contributed by atoms with E-state index in [0.29, 0.717) is 12.5 Å². The Kier molecular flexibility index (Phi) is 4.31. The molecule has 110 valence electrons. The Morgan fingerprint density at radius 3 is 2.90 bits per heavy atom. The molecule has 5 heteroatoms. The zero-order valence-corrected chi connectivity index (χ0v) is 12.0. The van der Waals surface area contributed by atoms with Crippen molar-refractivity contribution in [3.63, 3.8) is 0 Å². The molecule has 1 aromatic carbocycles. The van der Waals surface area contributed by atoms with Crippen LogP contribution >= 0.6 is 0 Å². The van der Waals surface area contributed by atoms with Crippen LogP contribution in [0.3, 0.4) is 0 Å². The number of amides is 1. The minimum Gasteiger partial charge on any atom is -0.355 e. The van der Waals surface area contributed by atoms with Crippen molar-refractivity contribution >= 4 is 5.91 Å². The van der Waals surface area contributed by atoms with E-state index in [2.05, 4.69) is 34.1 Å². The second kappa shape index (κ2) is 6.54. The standard InChI is InChI=1S/C16H20N4O/c21-16-7-6-15(10-18-16)17-8-14-9-19-20(12-14)11-13-4-2-1-3-5-13/h1-5,9,12,15,17H,6-8,10-11H2,(H,18,21). The van der Waals surface area contributed by atoms with Gasteiger partial charge in [-0.25, -0.2) is 0 Å². The monoisotopic (exact) mass is 284 g/mol. The van der Waals surface area contributed by atoms with Gasteiger partial charge in [-0.1, -0.05) is 30.3 Å². The molecule has 3 rings (SSSR count). The molecule has 21 heavy (non-hydrogen) atoms. The summed E-state index contributed by atoms with van der Waals surface area (Å²) >= 11 is 0. The number of nitrogens with zero attached hydrogens (tertiary/aromatic N) is 2. The van der Waals surface area contributed by atoms with Crippen LogP contribution in [-0.4, -0.2) is 28.3 Å². The summed E-state index contributed by atoms with van der Waals surface area (Å²) in [5, 5.41) is 10.7. The van der Waals surface area contributed by atoms with E-state index in [9.17, 15) is 4.79 Å². The quantitative estimate of drug-likeness (QED) is 0.870. The summed E-state index contributed by atoms with van der Waals surface area (Å²) in [5.41, 5.74) is 2.41. The van der Waals surface area contributed by atoms with Gasteiger partial charge in [0.2, 0.25) is 5.91 Å². The summed E-state index contributed by atoms with van der Waals surface area (Å²) in [6, 6.07) is 10.7. The van der Waals surface area contributed by atoms with Gasteiger partial charge in [0.05, 0.1) is 12.7 Å². The number of rotatable bonds is 5. The van der Waals surface area contributed by atoms with Crippen molar-refractivity contribution in [2.45, 2.75) is 32.0 Å². The van der Waals surface area contributed by atoms with Gasteiger partial charge in [-0.15, -0.1) is 0 Å². The molecule has 1 atom stereocenters. The van der Waals surface area contributed by atoms with Crippen LogP contribution in [0.1, 0.15) is 24.0 Å². The fraction of sp³-hybridized carbons (Fsp3) is 0.375. The molecule has 1 fully saturated rings. The number of aromatic nitrogens is 2. The number of carbonyl (C=O) groups excluding carboxylic acids is 1. The number of hydrogen-bond donors (Lipinski definition) is 2. The average Bonchev–Trinajstić information content (AvgIpc) is 2.95. The number of hydrogen-bond acceptors (Lipinski definition) is 3. The van der Waals surface area contributed by atoms with Crippen molar-refractivity contribution in [1.82, 2.24) is 20.4 Å². The highest BCUT2D eigenvalue weighted by Gasteiger charge is 2.17. The Morgan fingerprint density at radius 2 is 2.14 bits per heavy atom. The van der Waals surface area contributed by atoms with E-state index >= 15 is 0 Å². The maximum absolute atomic E-state index is 11.1. The van der Waals surface area contributed by atoms with Crippen LogP contribution in [0.25, 0.3) is 0 Å². The molecule has 1 aromatic heterocycles. The smallest absolute Gasteiger partial charge is 0.220 e. The van der Waals surface area contributed by atoms with Crippen molar-refractivity contribution < 1.29 is 4.79 Å². The molecule has 1 saturated heterocycles. The molecule has 2 aromatic rings. The van der Waals surface area contributed by atoms with Crippen molar-refractivity contribution in [3.8, 4) is 0 Å². The Bertz CT molecular complexity index is 583. The Morgan fingerprint density at radius 1 is 1.29 bits per heavy atom. The van der Waals surface area contributed by atoms with Gasteiger partial charge in [0.15, 0.2) is 0 Å². The van der Waals surface area contributed by atoms with Crippen molar-refractivity contribution in [3.05, 3.63) is 53.9 Å². The lowest BCUT2D eigenvalue weighted by molar-refractivity contribution is -0.122.